The number of benzene rings is 1. The third-order valence-electron chi connectivity index (χ3n) is 3.49. The number of halogens is 1. The molecule has 1 heterocycles. The molecule has 0 saturated carbocycles. The molecule has 0 spiro atoms. The Labute approximate surface area is 140 Å². The number of methoxy groups -OCH3 is 1. The number of nitrogens with zero attached hydrogens (tertiary/aromatic N) is 1. The van der Waals surface area contributed by atoms with Crippen LogP contribution in [0.5, 0.6) is 0 Å². The van der Waals surface area contributed by atoms with Gasteiger partial charge in [0.2, 0.25) is 0 Å². The molecule has 1 fully saturated rings. The highest BCUT2D eigenvalue weighted by Crippen LogP contribution is 2.26. The van der Waals surface area contributed by atoms with Crippen molar-refractivity contribution in [2.24, 2.45) is 0 Å². The molecule has 1 aliphatic rings. The number of carbonyl (C=O) groups is 1. The highest BCUT2D eigenvalue weighted by Gasteiger charge is 2.33. The number of hydrogen-bond donors (Lipinski definition) is 1. The summed E-state index contributed by atoms with van der Waals surface area (Å²) in [5.74, 6) is 0.0866. The van der Waals surface area contributed by atoms with Crippen LogP contribution in [0, 0.1) is 5.82 Å². The predicted molar refractivity (Wildman–Crippen MR) is 88.7 cm³/mol. The Morgan fingerprint density at radius 1 is 1.58 bits per heavy atom. The topological polar surface area (TPSA) is 60.0 Å². The van der Waals surface area contributed by atoms with Crippen LogP contribution in [0.15, 0.2) is 36.3 Å². The van der Waals surface area contributed by atoms with Crippen molar-refractivity contribution in [1.82, 2.24) is 0 Å². The van der Waals surface area contributed by atoms with E-state index in [0.29, 0.717) is 36.8 Å². The van der Waals surface area contributed by atoms with E-state index in [9.17, 15) is 9.18 Å². The third kappa shape index (κ3) is 4.50. The summed E-state index contributed by atoms with van der Waals surface area (Å²) in [5, 5.41) is 2.92. The molecule has 1 amide bonds. The summed E-state index contributed by atoms with van der Waals surface area (Å²) in [4.78, 5) is 13.3. The summed E-state index contributed by atoms with van der Waals surface area (Å²) in [6.07, 6.45) is -0.952. The zero-order chi connectivity index (χ0) is 17.5. The number of cyclic esters (lactones) is 1. The Hall–Kier alpha value is -2.50. The minimum Gasteiger partial charge on any atom is -0.486 e. The lowest BCUT2D eigenvalue weighted by atomic mass is 10.2. The normalized spacial score (nSPS) is 16.5. The average molecular weight is 336 g/mol. The Kier molecular flexibility index (Phi) is 6.23. The lowest BCUT2D eigenvalue weighted by Crippen LogP contribution is -2.26. The highest BCUT2D eigenvalue weighted by atomic mass is 19.1. The van der Waals surface area contributed by atoms with Gasteiger partial charge in [0.25, 0.3) is 0 Å². The van der Waals surface area contributed by atoms with Gasteiger partial charge in [-0.3, -0.25) is 4.90 Å². The van der Waals surface area contributed by atoms with Gasteiger partial charge in [-0.2, -0.15) is 0 Å². The molecule has 6 nitrogen and oxygen atoms in total. The Balaban J connectivity index is 1.99. The monoisotopic (exact) mass is 336 g/mol. The number of ether oxygens (including phenoxy) is 3. The number of carbonyl (C=O) groups excluding carboxylic acids is 1. The molecule has 130 valence electrons. The predicted octanol–water partition coefficient (Wildman–Crippen LogP) is 2.91. The minimum atomic E-state index is -0.525. The van der Waals surface area contributed by atoms with Crippen molar-refractivity contribution in [3.05, 3.63) is 42.1 Å². The molecule has 0 radical (unpaired) electrons. The van der Waals surface area contributed by atoms with Crippen LogP contribution in [0.2, 0.25) is 0 Å². The second kappa shape index (κ2) is 8.38. The second-order valence-electron chi connectivity index (χ2n) is 5.24. The van der Waals surface area contributed by atoms with Gasteiger partial charge in [0.1, 0.15) is 18.2 Å². The third-order valence-corrected chi connectivity index (χ3v) is 3.49. The van der Waals surface area contributed by atoms with E-state index in [-0.39, 0.29) is 6.61 Å². The summed E-state index contributed by atoms with van der Waals surface area (Å²) in [7, 11) is 1.58. The van der Waals surface area contributed by atoms with Crippen molar-refractivity contribution < 1.29 is 23.4 Å². The van der Waals surface area contributed by atoms with E-state index in [1.54, 1.807) is 26.2 Å². The van der Waals surface area contributed by atoms with E-state index in [4.69, 9.17) is 14.2 Å². The largest absolute Gasteiger partial charge is 0.486 e. The van der Waals surface area contributed by atoms with Crippen molar-refractivity contribution in [3.63, 3.8) is 0 Å². The summed E-state index contributed by atoms with van der Waals surface area (Å²) in [6.45, 7) is 6.64. The van der Waals surface area contributed by atoms with E-state index in [0.717, 1.165) is 0 Å². The van der Waals surface area contributed by atoms with Crippen LogP contribution in [0.4, 0.5) is 20.6 Å². The molecule has 1 atom stereocenters. The SMILES string of the molecule is C=C=C(C)OCC1CN(c2ccc(NCCOC)c(F)c2)C(=O)O1. The van der Waals surface area contributed by atoms with E-state index in [1.165, 1.54) is 11.0 Å². The number of hydrogen-bond acceptors (Lipinski definition) is 5. The van der Waals surface area contributed by atoms with Crippen LogP contribution in [0.1, 0.15) is 6.92 Å². The zero-order valence-corrected chi connectivity index (χ0v) is 13.8. The first-order chi connectivity index (χ1) is 11.5. The molecule has 0 aliphatic carbocycles. The fourth-order valence-electron chi connectivity index (χ4n) is 2.19. The molecule has 1 N–H and O–H groups in total. The Morgan fingerprint density at radius 2 is 2.38 bits per heavy atom. The number of rotatable bonds is 8. The number of allylic oxidation sites excluding steroid dienone is 1. The summed E-state index contributed by atoms with van der Waals surface area (Å²) < 4.78 is 29.6. The van der Waals surface area contributed by atoms with Gasteiger partial charge in [-0.15, -0.1) is 0 Å². The molecular formula is C17H21FN2O4. The number of amides is 1. The number of anilines is 2. The first kappa shape index (κ1) is 17.8. The molecular weight excluding hydrogens is 315 g/mol. The minimum absolute atomic E-state index is 0.204. The van der Waals surface area contributed by atoms with E-state index in [1.807, 2.05) is 0 Å². The summed E-state index contributed by atoms with van der Waals surface area (Å²) in [5.41, 5.74) is 3.40. The van der Waals surface area contributed by atoms with Gasteiger partial charge >= 0.3 is 6.09 Å². The smallest absolute Gasteiger partial charge is 0.414 e. The molecule has 2 rings (SSSR count). The zero-order valence-electron chi connectivity index (χ0n) is 13.8. The van der Waals surface area contributed by atoms with Crippen molar-refractivity contribution in [2.45, 2.75) is 13.0 Å². The van der Waals surface area contributed by atoms with Crippen LogP contribution >= 0.6 is 0 Å². The summed E-state index contributed by atoms with van der Waals surface area (Å²) >= 11 is 0. The quantitative estimate of drug-likeness (QED) is 0.449. The van der Waals surface area contributed by atoms with Gasteiger partial charge in [-0.25, -0.2) is 9.18 Å². The van der Waals surface area contributed by atoms with E-state index >= 15 is 0 Å². The molecule has 1 aliphatic heterocycles. The Morgan fingerprint density at radius 3 is 3.04 bits per heavy atom. The van der Waals surface area contributed by atoms with Gasteiger partial charge in [0, 0.05) is 20.6 Å². The molecule has 7 heteroatoms. The fraction of sp³-hybridized carbons (Fsp3) is 0.412. The van der Waals surface area contributed by atoms with Crippen molar-refractivity contribution >= 4 is 17.5 Å². The van der Waals surface area contributed by atoms with Crippen LogP contribution in [-0.2, 0) is 14.2 Å². The number of nitrogens with one attached hydrogen (secondary N) is 1. The lowest BCUT2D eigenvalue weighted by molar-refractivity contribution is 0.0782. The maximum absolute atomic E-state index is 14.1. The van der Waals surface area contributed by atoms with Crippen molar-refractivity contribution in [3.8, 4) is 0 Å². The molecule has 0 bridgehead atoms. The van der Waals surface area contributed by atoms with Gasteiger partial charge < -0.3 is 19.5 Å². The first-order valence-electron chi connectivity index (χ1n) is 7.55. The molecule has 1 aromatic carbocycles. The molecule has 1 aromatic rings. The van der Waals surface area contributed by atoms with Gasteiger partial charge in [0.05, 0.1) is 24.5 Å². The van der Waals surface area contributed by atoms with Crippen LogP contribution in [0.3, 0.4) is 0 Å². The van der Waals surface area contributed by atoms with Crippen LogP contribution < -0.4 is 10.2 Å². The van der Waals surface area contributed by atoms with E-state index in [2.05, 4.69) is 17.6 Å². The first-order valence-corrected chi connectivity index (χ1v) is 7.55. The van der Waals surface area contributed by atoms with Crippen molar-refractivity contribution in [1.29, 1.82) is 0 Å². The Bertz CT molecular complexity index is 643. The van der Waals surface area contributed by atoms with Crippen LogP contribution in [-0.4, -0.2) is 45.6 Å². The molecule has 0 aromatic heterocycles. The van der Waals surface area contributed by atoms with Crippen molar-refractivity contribution in [2.75, 3.05) is 43.6 Å². The van der Waals surface area contributed by atoms with Crippen LogP contribution in [0.25, 0.3) is 0 Å². The molecule has 1 saturated heterocycles. The van der Waals surface area contributed by atoms with Gasteiger partial charge in [-0.05, 0) is 18.2 Å². The standard InChI is InChI=1S/C17H21FN2O4/c1-4-12(2)23-11-14-10-20(17(21)24-14)13-5-6-16(15(18)9-13)19-7-8-22-3/h5-6,9,14,19H,1,7-8,10-11H2,2-3H3. The lowest BCUT2D eigenvalue weighted by Gasteiger charge is -2.15. The average Bonchev–Trinajstić information content (AvgIpc) is 2.95. The van der Waals surface area contributed by atoms with Gasteiger partial charge in [-0.1, -0.05) is 12.3 Å². The maximum atomic E-state index is 14.1. The van der Waals surface area contributed by atoms with Gasteiger partial charge in [0.15, 0.2) is 6.10 Å². The summed E-state index contributed by atoms with van der Waals surface area (Å²) in [6, 6.07) is 4.55. The van der Waals surface area contributed by atoms with E-state index < -0.39 is 18.0 Å². The maximum Gasteiger partial charge on any atom is 0.414 e. The second-order valence-corrected chi connectivity index (χ2v) is 5.24. The highest BCUT2D eigenvalue weighted by molar-refractivity contribution is 5.90. The molecule has 1 unspecified atom stereocenters. The fourth-order valence-corrected chi connectivity index (χ4v) is 2.19. The molecule has 24 heavy (non-hydrogen) atoms.